The second kappa shape index (κ2) is 4.10. The van der Waals surface area contributed by atoms with Crippen molar-refractivity contribution in [2.75, 3.05) is 18.0 Å². The molecule has 1 saturated heterocycles. The molecule has 1 saturated carbocycles. The monoisotopic (exact) mass is 253 g/mol. The Morgan fingerprint density at radius 3 is 2.94 bits per heavy atom. The first-order valence-electron chi connectivity index (χ1n) is 6.07. The SMILES string of the molecule is Cc1c(Cl)ncnc1N1CC2CCC(O)C2C1. The van der Waals surface area contributed by atoms with Crippen LogP contribution in [0.3, 0.4) is 0 Å². The first-order chi connectivity index (χ1) is 8.16. The van der Waals surface area contributed by atoms with E-state index in [-0.39, 0.29) is 6.10 Å². The molecule has 3 atom stereocenters. The summed E-state index contributed by atoms with van der Waals surface area (Å²) in [4.78, 5) is 10.5. The topological polar surface area (TPSA) is 49.2 Å². The number of halogens is 1. The van der Waals surface area contributed by atoms with Gasteiger partial charge in [-0.1, -0.05) is 11.6 Å². The van der Waals surface area contributed by atoms with E-state index in [9.17, 15) is 5.11 Å². The van der Waals surface area contributed by atoms with Gasteiger partial charge in [0.25, 0.3) is 0 Å². The number of aliphatic hydroxyl groups excluding tert-OH is 1. The van der Waals surface area contributed by atoms with Crippen LogP contribution in [0, 0.1) is 18.8 Å². The van der Waals surface area contributed by atoms with Crippen LogP contribution < -0.4 is 4.90 Å². The standard InChI is InChI=1S/C12H16ClN3O/c1-7-11(13)14-6-15-12(7)16-4-8-2-3-10(17)9(8)5-16/h6,8-10,17H,2-5H2,1H3. The van der Waals surface area contributed by atoms with Crippen LogP contribution >= 0.6 is 11.6 Å². The summed E-state index contributed by atoms with van der Waals surface area (Å²) in [6.07, 6.45) is 3.45. The van der Waals surface area contributed by atoms with Crippen LogP contribution in [0.2, 0.25) is 5.15 Å². The molecule has 0 amide bonds. The summed E-state index contributed by atoms with van der Waals surface area (Å²) in [6, 6.07) is 0. The van der Waals surface area contributed by atoms with E-state index in [0.29, 0.717) is 17.0 Å². The maximum Gasteiger partial charge on any atom is 0.137 e. The fourth-order valence-electron chi connectivity index (χ4n) is 3.15. The molecular formula is C12H16ClN3O. The van der Waals surface area contributed by atoms with Crippen molar-refractivity contribution in [3.05, 3.63) is 17.0 Å². The highest BCUT2D eigenvalue weighted by molar-refractivity contribution is 6.30. The molecule has 1 aliphatic carbocycles. The van der Waals surface area contributed by atoms with Crippen molar-refractivity contribution in [2.45, 2.75) is 25.9 Å². The average molecular weight is 254 g/mol. The molecule has 1 N–H and O–H groups in total. The van der Waals surface area contributed by atoms with E-state index in [1.54, 1.807) is 0 Å². The molecule has 4 nitrogen and oxygen atoms in total. The minimum absolute atomic E-state index is 0.136. The molecule has 2 aliphatic rings. The Kier molecular flexibility index (Phi) is 2.71. The molecule has 0 radical (unpaired) electrons. The predicted molar refractivity (Wildman–Crippen MR) is 66.2 cm³/mol. The van der Waals surface area contributed by atoms with Gasteiger partial charge < -0.3 is 10.0 Å². The van der Waals surface area contributed by atoms with Crippen molar-refractivity contribution in [1.82, 2.24) is 9.97 Å². The Balaban J connectivity index is 1.85. The predicted octanol–water partition coefficient (Wildman–Crippen LogP) is 1.65. The molecule has 2 heterocycles. The van der Waals surface area contributed by atoms with Gasteiger partial charge in [0.15, 0.2) is 0 Å². The second-order valence-electron chi connectivity index (χ2n) is 5.09. The molecule has 5 heteroatoms. The average Bonchev–Trinajstić information content (AvgIpc) is 2.85. The fourth-order valence-corrected chi connectivity index (χ4v) is 3.28. The van der Waals surface area contributed by atoms with Crippen molar-refractivity contribution >= 4 is 17.4 Å². The number of nitrogens with zero attached hydrogens (tertiary/aromatic N) is 3. The fraction of sp³-hybridized carbons (Fsp3) is 0.667. The van der Waals surface area contributed by atoms with Crippen molar-refractivity contribution in [3.8, 4) is 0 Å². The molecule has 3 unspecified atom stereocenters. The summed E-state index contributed by atoms with van der Waals surface area (Å²) < 4.78 is 0. The molecule has 2 fully saturated rings. The normalized spacial score (nSPS) is 31.9. The van der Waals surface area contributed by atoms with Crippen LogP contribution in [0.5, 0.6) is 0 Å². The minimum Gasteiger partial charge on any atom is -0.393 e. The Hall–Kier alpha value is -0.870. The molecule has 0 bridgehead atoms. The summed E-state index contributed by atoms with van der Waals surface area (Å²) in [5, 5.41) is 10.4. The Morgan fingerprint density at radius 2 is 2.18 bits per heavy atom. The van der Waals surface area contributed by atoms with Gasteiger partial charge in [-0.15, -0.1) is 0 Å². The number of hydrogen-bond donors (Lipinski definition) is 1. The highest BCUT2D eigenvalue weighted by Crippen LogP contribution is 2.40. The molecule has 0 aromatic carbocycles. The van der Waals surface area contributed by atoms with E-state index in [0.717, 1.165) is 37.3 Å². The largest absolute Gasteiger partial charge is 0.393 e. The van der Waals surface area contributed by atoms with E-state index in [4.69, 9.17) is 11.6 Å². The third kappa shape index (κ3) is 1.79. The molecule has 17 heavy (non-hydrogen) atoms. The third-order valence-corrected chi connectivity index (χ3v) is 4.50. The molecule has 0 spiro atoms. The number of fused-ring (bicyclic) bond motifs is 1. The second-order valence-corrected chi connectivity index (χ2v) is 5.44. The molecular weight excluding hydrogens is 238 g/mol. The van der Waals surface area contributed by atoms with E-state index in [1.807, 2.05) is 6.92 Å². The van der Waals surface area contributed by atoms with Crippen LogP contribution in [0.4, 0.5) is 5.82 Å². The van der Waals surface area contributed by atoms with Gasteiger partial charge in [-0.3, -0.25) is 0 Å². The lowest BCUT2D eigenvalue weighted by molar-refractivity contribution is 0.133. The van der Waals surface area contributed by atoms with Gasteiger partial charge >= 0.3 is 0 Å². The van der Waals surface area contributed by atoms with Gasteiger partial charge in [0.1, 0.15) is 17.3 Å². The van der Waals surface area contributed by atoms with E-state index >= 15 is 0 Å². The lowest BCUT2D eigenvalue weighted by atomic mass is 10.00. The molecule has 1 aromatic heterocycles. The zero-order valence-corrected chi connectivity index (χ0v) is 10.6. The zero-order valence-electron chi connectivity index (χ0n) is 9.80. The van der Waals surface area contributed by atoms with Gasteiger partial charge in [-0.2, -0.15) is 0 Å². The van der Waals surface area contributed by atoms with Crippen LogP contribution in [-0.2, 0) is 0 Å². The van der Waals surface area contributed by atoms with Crippen molar-refractivity contribution < 1.29 is 5.11 Å². The summed E-state index contributed by atoms with van der Waals surface area (Å²) in [7, 11) is 0. The number of anilines is 1. The highest BCUT2D eigenvalue weighted by Gasteiger charge is 2.42. The molecule has 1 aromatic rings. The lowest BCUT2D eigenvalue weighted by Crippen LogP contribution is -2.26. The number of aromatic nitrogens is 2. The maximum absolute atomic E-state index is 9.90. The summed E-state index contributed by atoms with van der Waals surface area (Å²) >= 11 is 6.01. The van der Waals surface area contributed by atoms with Crippen LogP contribution in [0.15, 0.2) is 6.33 Å². The number of aliphatic hydroxyl groups is 1. The Labute approximate surface area is 106 Å². The molecule has 3 rings (SSSR count). The quantitative estimate of drug-likeness (QED) is 0.774. The molecule has 1 aliphatic heterocycles. The minimum atomic E-state index is -0.136. The summed E-state index contributed by atoms with van der Waals surface area (Å²) in [5.74, 6) is 1.94. The van der Waals surface area contributed by atoms with Gasteiger partial charge in [0, 0.05) is 24.6 Å². The smallest absolute Gasteiger partial charge is 0.137 e. The van der Waals surface area contributed by atoms with E-state index in [1.165, 1.54) is 6.33 Å². The van der Waals surface area contributed by atoms with Crippen LogP contribution in [-0.4, -0.2) is 34.3 Å². The summed E-state index contributed by atoms with van der Waals surface area (Å²) in [6.45, 7) is 3.82. The number of hydrogen-bond acceptors (Lipinski definition) is 4. The first kappa shape index (κ1) is 11.2. The van der Waals surface area contributed by atoms with Crippen LogP contribution in [0.25, 0.3) is 0 Å². The van der Waals surface area contributed by atoms with Gasteiger partial charge in [0.05, 0.1) is 6.10 Å². The number of rotatable bonds is 1. The third-order valence-electron chi connectivity index (χ3n) is 4.11. The van der Waals surface area contributed by atoms with Crippen molar-refractivity contribution in [1.29, 1.82) is 0 Å². The van der Waals surface area contributed by atoms with E-state index in [2.05, 4.69) is 14.9 Å². The van der Waals surface area contributed by atoms with Crippen molar-refractivity contribution in [2.24, 2.45) is 11.8 Å². The van der Waals surface area contributed by atoms with Crippen molar-refractivity contribution in [3.63, 3.8) is 0 Å². The van der Waals surface area contributed by atoms with Gasteiger partial charge in [-0.25, -0.2) is 9.97 Å². The maximum atomic E-state index is 9.90. The lowest BCUT2D eigenvalue weighted by Gasteiger charge is -2.21. The zero-order chi connectivity index (χ0) is 12.0. The summed E-state index contributed by atoms with van der Waals surface area (Å²) in [5.41, 5.74) is 0.934. The first-order valence-corrected chi connectivity index (χ1v) is 6.44. The Morgan fingerprint density at radius 1 is 1.35 bits per heavy atom. The highest BCUT2D eigenvalue weighted by atomic mass is 35.5. The van der Waals surface area contributed by atoms with Crippen LogP contribution in [0.1, 0.15) is 18.4 Å². The molecule has 92 valence electrons. The van der Waals surface area contributed by atoms with Gasteiger partial charge in [0.2, 0.25) is 0 Å². The van der Waals surface area contributed by atoms with Gasteiger partial charge in [-0.05, 0) is 25.7 Å². The Bertz CT molecular complexity index is 440. The van der Waals surface area contributed by atoms with E-state index < -0.39 is 0 Å².